The van der Waals surface area contributed by atoms with Crippen LogP contribution in [0.1, 0.15) is 34.1 Å². The Balaban J connectivity index is 2.40. The van der Waals surface area contributed by atoms with Gasteiger partial charge in [-0.25, -0.2) is 4.79 Å². The average Bonchev–Trinajstić information content (AvgIpc) is 2.64. The minimum absolute atomic E-state index is 0.142. The Bertz CT molecular complexity index is 495. The lowest BCUT2D eigenvalue weighted by Gasteiger charge is -2.20. The summed E-state index contributed by atoms with van der Waals surface area (Å²) in [6.45, 7) is 1.38. The fourth-order valence-electron chi connectivity index (χ4n) is 2.23. The van der Waals surface area contributed by atoms with Gasteiger partial charge in [0, 0.05) is 25.3 Å². The van der Waals surface area contributed by atoms with E-state index in [4.69, 9.17) is 4.74 Å². The number of carboxylic acids is 1. The van der Waals surface area contributed by atoms with Gasteiger partial charge in [0.05, 0.1) is 11.7 Å². The van der Waals surface area contributed by atoms with Crippen LogP contribution in [0.15, 0.2) is 0 Å². The molecule has 0 fully saturated rings. The minimum atomic E-state index is -0.980. The Morgan fingerprint density at radius 1 is 1.50 bits per heavy atom. The van der Waals surface area contributed by atoms with Gasteiger partial charge in [-0.05, 0) is 18.4 Å². The van der Waals surface area contributed by atoms with Crippen LogP contribution in [0.2, 0.25) is 0 Å². The molecule has 1 aromatic heterocycles. The number of hydrogen-bond donors (Lipinski definition) is 2. The summed E-state index contributed by atoms with van der Waals surface area (Å²) in [4.78, 5) is 23.4. The van der Waals surface area contributed by atoms with Gasteiger partial charge in [-0.3, -0.25) is 4.79 Å². The molecule has 1 aliphatic rings. The van der Waals surface area contributed by atoms with Gasteiger partial charge in [-0.15, -0.1) is 11.3 Å². The van der Waals surface area contributed by atoms with Crippen molar-refractivity contribution in [1.82, 2.24) is 0 Å². The highest BCUT2D eigenvalue weighted by molar-refractivity contribution is 7.17. The lowest BCUT2D eigenvalue weighted by molar-refractivity contribution is -0.114. The van der Waals surface area contributed by atoms with Crippen molar-refractivity contribution < 1.29 is 19.4 Å². The van der Waals surface area contributed by atoms with Crippen LogP contribution in [0.5, 0.6) is 0 Å². The van der Waals surface area contributed by atoms with Crippen LogP contribution >= 0.6 is 11.3 Å². The number of fused-ring (bicyclic) bond motifs is 1. The first-order valence-electron chi connectivity index (χ1n) is 5.71. The van der Waals surface area contributed by atoms with E-state index in [9.17, 15) is 14.7 Å². The summed E-state index contributed by atoms with van der Waals surface area (Å²) in [6.07, 6.45) is 2.37. The molecule has 2 N–H and O–H groups in total. The molecule has 0 radical (unpaired) electrons. The predicted molar refractivity (Wildman–Crippen MR) is 68.4 cm³/mol. The summed E-state index contributed by atoms with van der Waals surface area (Å²) < 4.78 is 5.31. The number of methoxy groups -OCH3 is 1. The molecule has 1 unspecified atom stereocenters. The van der Waals surface area contributed by atoms with E-state index in [1.54, 1.807) is 7.11 Å². The molecule has 0 saturated carbocycles. The van der Waals surface area contributed by atoms with E-state index in [0.29, 0.717) is 11.4 Å². The molecule has 98 valence electrons. The maximum Gasteiger partial charge on any atom is 0.339 e. The van der Waals surface area contributed by atoms with Gasteiger partial charge in [0.15, 0.2) is 0 Å². The van der Waals surface area contributed by atoms with Gasteiger partial charge in [0.1, 0.15) is 5.00 Å². The SMILES string of the molecule is COC1CCc2c(sc(NC(C)=O)c2C(=O)O)C1. The van der Waals surface area contributed by atoms with Crippen molar-refractivity contribution in [2.24, 2.45) is 0 Å². The summed E-state index contributed by atoms with van der Waals surface area (Å²) in [5, 5.41) is 12.3. The molecule has 5 nitrogen and oxygen atoms in total. The van der Waals surface area contributed by atoms with E-state index in [2.05, 4.69) is 5.32 Å². The molecule has 2 rings (SSSR count). The Kier molecular flexibility index (Phi) is 3.68. The molecule has 0 saturated heterocycles. The van der Waals surface area contributed by atoms with Gasteiger partial charge in [-0.2, -0.15) is 0 Å². The van der Waals surface area contributed by atoms with Crippen LogP contribution in [0.25, 0.3) is 0 Å². The zero-order valence-electron chi connectivity index (χ0n) is 10.3. The monoisotopic (exact) mass is 269 g/mol. The van der Waals surface area contributed by atoms with E-state index >= 15 is 0 Å². The summed E-state index contributed by atoms with van der Waals surface area (Å²) in [5.41, 5.74) is 1.10. The van der Waals surface area contributed by atoms with Crippen molar-refractivity contribution >= 4 is 28.2 Å². The van der Waals surface area contributed by atoms with E-state index in [0.717, 1.165) is 23.3 Å². The molecule has 0 bridgehead atoms. The molecule has 18 heavy (non-hydrogen) atoms. The lowest BCUT2D eigenvalue weighted by atomic mass is 9.93. The third-order valence-electron chi connectivity index (χ3n) is 3.06. The third-order valence-corrected chi connectivity index (χ3v) is 4.23. The summed E-state index contributed by atoms with van der Waals surface area (Å²) >= 11 is 1.34. The van der Waals surface area contributed by atoms with Crippen LogP contribution in [0.3, 0.4) is 0 Å². The first kappa shape index (κ1) is 13.0. The number of hydrogen-bond acceptors (Lipinski definition) is 4. The fourth-order valence-corrected chi connectivity index (χ4v) is 3.58. The third kappa shape index (κ3) is 2.39. The van der Waals surface area contributed by atoms with Crippen molar-refractivity contribution in [3.63, 3.8) is 0 Å². The molecular weight excluding hydrogens is 254 g/mol. The smallest absolute Gasteiger partial charge is 0.339 e. The molecule has 1 atom stereocenters. The summed E-state index contributed by atoms with van der Waals surface area (Å²) in [6, 6.07) is 0. The maximum atomic E-state index is 11.3. The van der Waals surface area contributed by atoms with Crippen LogP contribution < -0.4 is 5.32 Å². The quantitative estimate of drug-likeness (QED) is 0.879. The number of carbonyl (C=O) groups excluding carboxylic acids is 1. The lowest BCUT2D eigenvalue weighted by Crippen LogP contribution is -2.20. The molecular formula is C12H15NO4S. The van der Waals surface area contributed by atoms with Gasteiger partial charge in [-0.1, -0.05) is 0 Å². The first-order valence-corrected chi connectivity index (χ1v) is 6.52. The highest BCUT2D eigenvalue weighted by Crippen LogP contribution is 2.38. The number of carboxylic acid groups (broad SMARTS) is 1. The Hall–Kier alpha value is -1.40. The molecule has 0 spiro atoms. The molecule has 1 amide bonds. The maximum absolute atomic E-state index is 11.3. The van der Waals surface area contributed by atoms with E-state index in [1.807, 2.05) is 0 Å². The number of ether oxygens (including phenoxy) is 1. The Labute approximate surface area is 109 Å². The van der Waals surface area contributed by atoms with Crippen molar-refractivity contribution in [1.29, 1.82) is 0 Å². The second-order valence-corrected chi connectivity index (χ2v) is 5.40. The second kappa shape index (κ2) is 5.07. The van der Waals surface area contributed by atoms with Gasteiger partial charge < -0.3 is 15.2 Å². The van der Waals surface area contributed by atoms with Gasteiger partial charge in [0.2, 0.25) is 5.91 Å². The highest BCUT2D eigenvalue weighted by Gasteiger charge is 2.28. The minimum Gasteiger partial charge on any atom is -0.478 e. The first-order chi connectivity index (χ1) is 8.52. The summed E-state index contributed by atoms with van der Waals surface area (Å²) in [7, 11) is 1.66. The topological polar surface area (TPSA) is 75.6 Å². The fraction of sp³-hybridized carbons (Fsp3) is 0.500. The molecule has 1 heterocycles. The van der Waals surface area contributed by atoms with Crippen molar-refractivity contribution in [3.8, 4) is 0 Å². The second-order valence-electron chi connectivity index (χ2n) is 4.29. The Morgan fingerprint density at radius 2 is 2.22 bits per heavy atom. The zero-order chi connectivity index (χ0) is 13.3. The van der Waals surface area contributed by atoms with Crippen LogP contribution in [0, 0.1) is 0 Å². The Morgan fingerprint density at radius 3 is 2.78 bits per heavy atom. The van der Waals surface area contributed by atoms with Crippen LogP contribution in [-0.4, -0.2) is 30.2 Å². The predicted octanol–water partition coefficient (Wildman–Crippen LogP) is 1.91. The number of carbonyl (C=O) groups is 2. The largest absolute Gasteiger partial charge is 0.478 e. The normalized spacial score (nSPS) is 18.2. The number of amides is 1. The zero-order valence-corrected chi connectivity index (χ0v) is 11.1. The number of nitrogens with one attached hydrogen (secondary N) is 1. The van der Waals surface area contributed by atoms with Crippen molar-refractivity contribution in [3.05, 3.63) is 16.0 Å². The van der Waals surface area contributed by atoms with E-state index in [-0.39, 0.29) is 17.6 Å². The molecule has 0 aliphatic heterocycles. The number of aromatic carboxylic acids is 1. The number of rotatable bonds is 3. The number of anilines is 1. The van der Waals surface area contributed by atoms with Crippen molar-refractivity contribution in [2.45, 2.75) is 32.3 Å². The molecule has 1 aromatic rings. The number of thiophene rings is 1. The van der Waals surface area contributed by atoms with E-state index in [1.165, 1.54) is 18.3 Å². The average molecular weight is 269 g/mol. The molecule has 6 heteroatoms. The summed E-state index contributed by atoms with van der Waals surface area (Å²) in [5.74, 6) is -1.23. The van der Waals surface area contributed by atoms with Crippen LogP contribution in [0.4, 0.5) is 5.00 Å². The van der Waals surface area contributed by atoms with Gasteiger partial charge in [0.25, 0.3) is 0 Å². The van der Waals surface area contributed by atoms with E-state index < -0.39 is 5.97 Å². The molecule has 1 aliphatic carbocycles. The van der Waals surface area contributed by atoms with Crippen LogP contribution in [-0.2, 0) is 22.4 Å². The standard InChI is InChI=1S/C12H15NO4S/c1-6(14)13-11-10(12(15)16)8-4-3-7(17-2)5-9(8)18-11/h7H,3-5H2,1-2H3,(H,13,14)(H,15,16). The van der Waals surface area contributed by atoms with Crippen molar-refractivity contribution in [2.75, 3.05) is 12.4 Å². The highest BCUT2D eigenvalue weighted by atomic mass is 32.1. The van der Waals surface area contributed by atoms with Gasteiger partial charge >= 0.3 is 5.97 Å². The molecule has 0 aromatic carbocycles.